The molecule has 1 aromatic rings. The van der Waals surface area contributed by atoms with Gasteiger partial charge in [-0.1, -0.05) is 39.0 Å². The first-order valence-electron chi connectivity index (χ1n) is 5.84. The summed E-state index contributed by atoms with van der Waals surface area (Å²) in [6.07, 6.45) is 1.06. The molecule has 0 aliphatic carbocycles. The standard InChI is InChI=1S/C14H19NO/c1-14(2,3)13(16)10-15-9-8-11-6-4-5-7-12(11)15/h4-7H,8-10H2,1-3H3. The van der Waals surface area contributed by atoms with Crippen molar-refractivity contribution in [2.24, 2.45) is 5.41 Å². The monoisotopic (exact) mass is 217 g/mol. The Morgan fingerprint density at radius 2 is 2.00 bits per heavy atom. The van der Waals surface area contributed by atoms with Gasteiger partial charge in [-0.25, -0.2) is 0 Å². The van der Waals surface area contributed by atoms with E-state index in [0.717, 1.165) is 13.0 Å². The summed E-state index contributed by atoms with van der Waals surface area (Å²) in [5.41, 5.74) is 2.36. The molecule has 0 unspecified atom stereocenters. The second-order valence-electron chi connectivity index (χ2n) is 5.47. The zero-order valence-corrected chi connectivity index (χ0v) is 10.3. The Bertz CT molecular complexity index is 403. The van der Waals surface area contributed by atoms with E-state index in [1.807, 2.05) is 26.8 Å². The fourth-order valence-electron chi connectivity index (χ4n) is 1.98. The number of rotatable bonds is 2. The van der Waals surface area contributed by atoms with Crippen LogP contribution in [0.15, 0.2) is 24.3 Å². The molecule has 0 aromatic heterocycles. The SMILES string of the molecule is CC(C)(C)C(=O)CN1CCc2ccccc21. The van der Waals surface area contributed by atoms with Crippen LogP contribution in [0.25, 0.3) is 0 Å². The molecule has 86 valence electrons. The third kappa shape index (κ3) is 2.11. The Morgan fingerprint density at radius 3 is 2.69 bits per heavy atom. The van der Waals surface area contributed by atoms with Gasteiger partial charge in [-0.15, -0.1) is 0 Å². The molecule has 0 radical (unpaired) electrons. The van der Waals surface area contributed by atoms with Gasteiger partial charge in [0.2, 0.25) is 0 Å². The number of nitrogens with zero attached hydrogens (tertiary/aromatic N) is 1. The Balaban J connectivity index is 2.12. The van der Waals surface area contributed by atoms with Gasteiger partial charge in [0.1, 0.15) is 0 Å². The molecule has 0 saturated heterocycles. The summed E-state index contributed by atoms with van der Waals surface area (Å²) in [5, 5.41) is 0. The molecule has 1 aliphatic rings. The van der Waals surface area contributed by atoms with Crippen LogP contribution in [0.3, 0.4) is 0 Å². The van der Waals surface area contributed by atoms with E-state index >= 15 is 0 Å². The fraction of sp³-hybridized carbons (Fsp3) is 0.500. The maximum absolute atomic E-state index is 12.0. The number of para-hydroxylation sites is 1. The first-order valence-corrected chi connectivity index (χ1v) is 5.84. The van der Waals surface area contributed by atoms with Crippen molar-refractivity contribution in [2.45, 2.75) is 27.2 Å². The predicted molar refractivity (Wildman–Crippen MR) is 66.8 cm³/mol. The molecule has 0 N–H and O–H groups in total. The van der Waals surface area contributed by atoms with Crippen molar-refractivity contribution in [3.63, 3.8) is 0 Å². The third-order valence-corrected chi connectivity index (χ3v) is 3.15. The normalized spacial score (nSPS) is 15.1. The number of fused-ring (bicyclic) bond motifs is 1. The van der Waals surface area contributed by atoms with Crippen molar-refractivity contribution >= 4 is 11.5 Å². The lowest BCUT2D eigenvalue weighted by Gasteiger charge is -2.24. The van der Waals surface area contributed by atoms with Crippen molar-refractivity contribution in [2.75, 3.05) is 18.0 Å². The van der Waals surface area contributed by atoms with Gasteiger partial charge in [-0.3, -0.25) is 4.79 Å². The number of Topliss-reactive ketones (excluding diaryl/α,β-unsaturated/α-hetero) is 1. The minimum absolute atomic E-state index is 0.239. The second kappa shape index (κ2) is 3.93. The molecule has 0 saturated carbocycles. The van der Waals surface area contributed by atoms with Crippen molar-refractivity contribution in [3.05, 3.63) is 29.8 Å². The summed E-state index contributed by atoms with van der Waals surface area (Å²) in [6, 6.07) is 8.36. The number of hydrogen-bond acceptors (Lipinski definition) is 2. The molecule has 1 heterocycles. The highest BCUT2D eigenvalue weighted by atomic mass is 16.1. The van der Waals surface area contributed by atoms with Gasteiger partial charge >= 0.3 is 0 Å². The highest BCUT2D eigenvalue weighted by Gasteiger charge is 2.26. The number of benzene rings is 1. The fourth-order valence-corrected chi connectivity index (χ4v) is 1.98. The molecule has 0 amide bonds. The summed E-state index contributed by atoms with van der Waals surface area (Å²) >= 11 is 0. The van der Waals surface area contributed by atoms with E-state index in [2.05, 4.69) is 23.1 Å². The van der Waals surface area contributed by atoms with E-state index in [1.54, 1.807) is 0 Å². The second-order valence-corrected chi connectivity index (χ2v) is 5.47. The molecule has 2 nitrogen and oxygen atoms in total. The molecule has 0 fully saturated rings. The predicted octanol–water partition coefficient (Wildman–Crippen LogP) is 2.66. The lowest BCUT2D eigenvalue weighted by molar-refractivity contribution is -0.124. The molecule has 0 spiro atoms. The minimum Gasteiger partial charge on any atom is -0.364 e. The first-order chi connectivity index (χ1) is 7.48. The number of hydrogen-bond donors (Lipinski definition) is 0. The summed E-state index contributed by atoms with van der Waals surface area (Å²) in [6.45, 7) is 7.47. The number of anilines is 1. The average Bonchev–Trinajstić information content (AvgIpc) is 2.61. The van der Waals surface area contributed by atoms with Crippen LogP contribution >= 0.6 is 0 Å². The van der Waals surface area contributed by atoms with Gasteiger partial charge in [0, 0.05) is 17.6 Å². The van der Waals surface area contributed by atoms with E-state index in [9.17, 15) is 4.79 Å². The van der Waals surface area contributed by atoms with Crippen LogP contribution in [0.2, 0.25) is 0 Å². The highest BCUT2D eigenvalue weighted by molar-refractivity contribution is 5.88. The smallest absolute Gasteiger partial charge is 0.157 e. The van der Waals surface area contributed by atoms with Crippen LogP contribution in [0.1, 0.15) is 26.3 Å². The van der Waals surface area contributed by atoms with E-state index in [4.69, 9.17) is 0 Å². The molecular formula is C14H19NO. The molecule has 2 heteroatoms. The van der Waals surface area contributed by atoms with Crippen molar-refractivity contribution in [3.8, 4) is 0 Å². The van der Waals surface area contributed by atoms with Crippen molar-refractivity contribution in [1.29, 1.82) is 0 Å². The Hall–Kier alpha value is -1.31. The molecule has 1 aliphatic heterocycles. The van der Waals surface area contributed by atoms with E-state index in [0.29, 0.717) is 12.3 Å². The molecule has 16 heavy (non-hydrogen) atoms. The first kappa shape index (κ1) is 11.2. The third-order valence-electron chi connectivity index (χ3n) is 3.15. The maximum atomic E-state index is 12.0. The summed E-state index contributed by atoms with van der Waals surface area (Å²) < 4.78 is 0. The Kier molecular flexibility index (Phi) is 2.75. The molecular weight excluding hydrogens is 198 g/mol. The Morgan fingerprint density at radius 1 is 1.31 bits per heavy atom. The summed E-state index contributed by atoms with van der Waals surface area (Å²) in [7, 11) is 0. The van der Waals surface area contributed by atoms with Gasteiger partial charge in [-0.2, -0.15) is 0 Å². The number of ketones is 1. The van der Waals surface area contributed by atoms with Gasteiger partial charge in [-0.05, 0) is 18.1 Å². The topological polar surface area (TPSA) is 20.3 Å². The minimum atomic E-state index is -0.239. The van der Waals surface area contributed by atoms with Crippen molar-refractivity contribution in [1.82, 2.24) is 0 Å². The summed E-state index contributed by atoms with van der Waals surface area (Å²) in [4.78, 5) is 14.2. The number of carbonyl (C=O) groups excluding carboxylic acids is 1. The molecule has 0 atom stereocenters. The van der Waals surface area contributed by atoms with Crippen molar-refractivity contribution < 1.29 is 4.79 Å². The van der Waals surface area contributed by atoms with Gasteiger partial charge < -0.3 is 4.90 Å². The zero-order chi connectivity index (χ0) is 11.8. The lowest BCUT2D eigenvalue weighted by atomic mass is 9.90. The van der Waals surface area contributed by atoms with Gasteiger partial charge in [0.05, 0.1) is 6.54 Å². The average molecular weight is 217 g/mol. The van der Waals surface area contributed by atoms with E-state index < -0.39 is 0 Å². The molecule has 0 bridgehead atoms. The van der Waals surface area contributed by atoms with Crippen LogP contribution in [-0.4, -0.2) is 18.9 Å². The van der Waals surface area contributed by atoms with Gasteiger partial charge in [0.25, 0.3) is 0 Å². The maximum Gasteiger partial charge on any atom is 0.157 e. The molecule has 1 aromatic carbocycles. The summed E-state index contributed by atoms with van der Waals surface area (Å²) in [5.74, 6) is 0.309. The van der Waals surface area contributed by atoms with Crippen LogP contribution in [0, 0.1) is 5.41 Å². The quantitative estimate of drug-likeness (QED) is 0.759. The number of carbonyl (C=O) groups is 1. The van der Waals surface area contributed by atoms with E-state index in [-0.39, 0.29) is 5.41 Å². The van der Waals surface area contributed by atoms with E-state index in [1.165, 1.54) is 11.3 Å². The zero-order valence-electron chi connectivity index (χ0n) is 10.3. The Labute approximate surface area is 97.3 Å². The van der Waals surface area contributed by atoms with Crippen LogP contribution < -0.4 is 4.90 Å². The van der Waals surface area contributed by atoms with Gasteiger partial charge in [0.15, 0.2) is 5.78 Å². The lowest BCUT2D eigenvalue weighted by Crippen LogP contribution is -2.34. The van der Waals surface area contributed by atoms with Crippen LogP contribution in [0.5, 0.6) is 0 Å². The largest absolute Gasteiger partial charge is 0.364 e. The molecule has 2 rings (SSSR count). The highest BCUT2D eigenvalue weighted by Crippen LogP contribution is 2.28. The van der Waals surface area contributed by atoms with Crippen LogP contribution in [-0.2, 0) is 11.2 Å². The van der Waals surface area contributed by atoms with Crippen LogP contribution in [0.4, 0.5) is 5.69 Å².